The molecule has 5 heteroatoms. The van der Waals surface area contributed by atoms with E-state index in [1.807, 2.05) is 0 Å². The van der Waals surface area contributed by atoms with Crippen LogP contribution in [0.25, 0.3) is 0 Å². The number of hydrogen-bond acceptors (Lipinski definition) is 3. The lowest BCUT2D eigenvalue weighted by Crippen LogP contribution is -2.31. The first-order valence-electron chi connectivity index (χ1n) is 5.83. The number of nitrogens with two attached hydrogens (primary N) is 1. The van der Waals surface area contributed by atoms with Crippen molar-refractivity contribution < 1.29 is 14.7 Å². The summed E-state index contributed by atoms with van der Waals surface area (Å²) in [4.78, 5) is 22.0. The van der Waals surface area contributed by atoms with Crippen molar-refractivity contribution in [2.24, 2.45) is 5.73 Å². The molecule has 98 valence electrons. The van der Waals surface area contributed by atoms with Crippen LogP contribution in [0.4, 0.5) is 0 Å². The van der Waals surface area contributed by atoms with Crippen LogP contribution in [0, 0.1) is 0 Å². The summed E-state index contributed by atoms with van der Waals surface area (Å²) in [6, 6.07) is 6.48. The van der Waals surface area contributed by atoms with Gasteiger partial charge in [0.2, 0.25) is 5.91 Å². The summed E-state index contributed by atoms with van der Waals surface area (Å²) in [6.07, 6.45) is 0.989. The van der Waals surface area contributed by atoms with Crippen LogP contribution < -0.4 is 11.1 Å². The Labute approximate surface area is 106 Å². The highest BCUT2D eigenvalue weighted by molar-refractivity contribution is 5.87. The molecule has 0 aromatic heterocycles. The molecule has 1 amide bonds. The van der Waals surface area contributed by atoms with Gasteiger partial charge in [-0.3, -0.25) is 4.79 Å². The predicted molar refractivity (Wildman–Crippen MR) is 68.4 cm³/mol. The van der Waals surface area contributed by atoms with Gasteiger partial charge >= 0.3 is 5.97 Å². The van der Waals surface area contributed by atoms with Gasteiger partial charge in [0.1, 0.15) is 0 Å². The molecule has 0 radical (unpaired) electrons. The third kappa shape index (κ3) is 4.97. The molecule has 0 fully saturated rings. The summed E-state index contributed by atoms with van der Waals surface area (Å²) < 4.78 is 0. The number of amides is 1. The highest BCUT2D eigenvalue weighted by Gasteiger charge is 2.05. The van der Waals surface area contributed by atoms with E-state index in [2.05, 4.69) is 5.32 Å². The first kappa shape index (κ1) is 14.2. The monoisotopic (exact) mass is 250 g/mol. The first-order chi connectivity index (χ1) is 8.49. The third-order valence-corrected chi connectivity index (χ3v) is 2.44. The maximum absolute atomic E-state index is 11.3. The average Bonchev–Trinajstić information content (AvgIpc) is 2.28. The van der Waals surface area contributed by atoms with Gasteiger partial charge in [-0.2, -0.15) is 0 Å². The largest absolute Gasteiger partial charge is 0.478 e. The van der Waals surface area contributed by atoms with Crippen LogP contribution in [0.15, 0.2) is 24.3 Å². The van der Waals surface area contributed by atoms with Crippen molar-refractivity contribution >= 4 is 11.9 Å². The van der Waals surface area contributed by atoms with Gasteiger partial charge in [0.15, 0.2) is 0 Å². The Balaban J connectivity index is 2.35. The van der Waals surface area contributed by atoms with E-state index in [0.29, 0.717) is 19.4 Å². The Bertz CT molecular complexity index is 413. The van der Waals surface area contributed by atoms with Crippen LogP contribution in [-0.4, -0.2) is 29.6 Å². The second-order valence-corrected chi connectivity index (χ2v) is 4.28. The molecule has 0 saturated carbocycles. The minimum Gasteiger partial charge on any atom is -0.478 e. The molecule has 1 rings (SSSR count). The molecule has 0 heterocycles. The van der Waals surface area contributed by atoms with E-state index in [4.69, 9.17) is 10.8 Å². The quantitative estimate of drug-likeness (QED) is 0.695. The second-order valence-electron chi connectivity index (χ2n) is 4.28. The van der Waals surface area contributed by atoms with Gasteiger partial charge < -0.3 is 16.2 Å². The van der Waals surface area contributed by atoms with Crippen LogP contribution in [-0.2, 0) is 11.2 Å². The molecular weight excluding hydrogens is 232 g/mol. The Morgan fingerprint density at radius 1 is 1.33 bits per heavy atom. The fourth-order valence-electron chi connectivity index (χ4n) is 1.52. The maximum atomic E-state index is 11.3. The van der Waals surface area contributed by atoms with Gasteiger partial charge in [0, 0.05) is 19.0 Å². The van der Waals surface area contributed by atoms with Gasteiger partial charge in [-0.15, -0.1) is 0 Å². The van der Waals surface area contributed by atoms with E-state index in [9.17, 15) is 9.59 Å². The maximum Gasteiger partial charge on any atom is 0.335 e. The zero-order valence-corrected chi connectivity index (χ0v) is 10.3. The smallest absolute Gasteiger partial charge is 0.335 e. The molecule has 0 aliphatic carbocycles. The summed E-state index contributed by atoms with van der Waals surface area (Å²) in [5.41, 5.74) is 6.76. The Morgan fingerprint density at radius 2 is 1.94 bits per heavy atom. The molecule has 0 aliphatic rings. The number of carbonyl (C=O) groups is 2. The zero-order valence-electron chi connectivity index (χ0n) is 10.3. The molecule has 1 atom stereocenters. The van der Waals surface area contributed by atoms with E-state index in [1.54, 1.807) is 31.2 Å². The van der Waals surface area contributed by atoms with Crippen LogP contribution in [0.3, 0.4) is 0 Å². The second kappa shape index (κ2) is 6.76. The number of aromatic carboxylic acids is 1. The van der Waals surface area contributed by atoms with Crippen molar-refractivity contribution in [2.75, 3.05) is 6.54 Å². The van der Waals surface area contributed by atoms with Crippen LogP contribution in [0.2, 0.25) is 0 Å². The van der Waals surface area contributed by atoms with Crippen molar-refractivity contribution in [3.63, 3.8) is 0 Å². The van der Waals surface area contributed by atoms with Crippen molar-refractivity contribution in [1.82, 2.24) is 5.32 Å². The van der Waals surface area contributed by atoms with Crippen molar-refractivity contribution in [3.8, 4) is 0 Å². The zero-order chi connectivity index (χ0) is 13.5. The average molecular weight is 250 g/mol. The molecule has 0 aliphatic heterocycles. The van der Waals surface area contributed by atoms with Crippen LogP contribution >= 0.6 is 0 Å². The molecule has 18 heavy (non-hydrogen) atoms. The van der Waals surface area contributed by atoms with E-state index in [1.165, 1.54) is 0 Å². The molecule has 5 nitrogen and oxygen atoms in total. The number of nitrogens with one attached hydrogen (secondary N) is 1. The van der Waals surface area contributed by atoms with Gasteiger partial charge in [-0.1, -0.05) is 12.1 Å². The van der Waals surface area contributed by atoms with Gasteiger partial charge in [-0.25, -0.2) is 4.79 Å². The molecule has 4 N–H and O–H groups in total. The normalized spacial score (nSPS) is 11.9. The van der Waals surface area contributed by atoms with Crippen LogP contribution in [0.1, 0.15) is 29.3 Å². The molecular formula is C13H18N2O3. The fourth-order valence-corrected chi connectivity index (χ4v) is 1.52. The minimum atomic E-state index is -0.938. The van der Waals surface area contributed by atoms with E-state index in [-0.39, 0.29) is 17.5 Å². The molecule has 0 spiro atoms. The number of carbonyl (C=O) groups excluding carboxylic acids is 1. The first-order valence-corrected chi connectivity index (χ1v) is 5.83. The molecule has 0 bridgehead atoms. The van der Waals surface area contributed by atoms with Gasteiger partial charge in [0.25, 0.3) is 0 Å². The molecule has 1 aromatic carbocycles. The Morgan fingerprint density at radius 3 is 2.44 bits per heavy atom. The minimum absolute atomic E-state index is 0.0628. The van der Waals surface area contributed by atoms with E-state index < -0.39 is 5.97 Å². The van der Waals surface area contributed by atoms with E-state index in [0.717, 1.165) is 5.56 Å². The number of rotatable bonds is 6. The number of benzene rings is 1. The number of carboxylic acid groups (broad SMARTS) is 1. The predicted octanol–water partition coefficient (Wildman–Crippen LogP) is 0.781. The highest BCUT2D eigenvalue weighted by Crippen LogP contribution is 2.04. The highest BCUT2D eigenvalue weighted by atomic mass is 16.4. The standard InChI is InChI=1S/C13H18N2O3/c1-9(14)8-12(16)15-7-6-10-2-4-11(5-3-10)13(17)18/h2-5,9H,6-8,14H2,1H3,(H,15,16)(H,17,18). The summed E-state index contributed by atoms with van der Waals surface area (Å²) in [5, 5.41) is 11.5. The van der Waals surface area contributed by atoms with Gasteiger partial charge in [-0.05, 0) is 31.0 Å². The third-order valence-electron chi connectivity index (χ3n) is 2.44. The number of carboxylic acids is 1. The topological polar surface area (TPSA) is 92.4 Å². The van der Waals surface area contributed by atoms with Crippen molar-refractivity contribution in [2.45, 2.75) is 25.8 Å². The summed E-state index contributed by atoms with van der Waals surface area (Å²) >= 11 is 0. The van der Waals surface area contributed by atoms with E-state index >= 15 is 0 Å². The summed E-state index contributed by atoms with van der Waals surface area (Å²) in [5.74, 6) is -1.00. The SMILES string of the molecule is CC(N)CC(=O)NCCc1ccc(C(=O)O)cc1. The van der Waals surface area contributed by atoms with Gasteiger partial charge in [0.05, 0.1) is 5.56 Å². The van der Waals surface area contributed by atoms with Crippen LogP contribution in [0.5, 0.6) is 0 Å². The lowest BCUT2D eigenvalue weighted by molar-refractivity contribution is -0.121. The van der Waals surface area contributed by atoms with Crippen molar-refractivity contribution in [1.29, 1.82) is 0 Å². The molecule has 1 aromatic rings. The fraction of sp³-hybridized carbons (Fsp3) is 0.385. The lowest BCUT2D eigenvalue weighted by atomic mass is 10.1. The van der Waals surface area contributed by atoms with Crippen molar-refractivity contribution in [3.05, 3.63) is 35.4 Å². The Kier molecular flexibility index (Phi) is 5.32. The molecule has 1 unspecified atom stereocenters. The summed E-state index contributed by atoms with van der Waals surface area (Å²) in [7, 11) is 0. The Hall–Kier alpha value is -1.88. The number of hydrogen-bond donors (Lipinski definition) is 3. The summed E-state index contributed by atoms with van der Waals surface area (Å²) in [6.45, 7) is 2.31. The molecule has 0 saturated heterocycles. The lowest BCUT2D eigenvalue weighted by Gasteiger charge is -2.07.